The summed E-state index contributed by atoms with van der Waals surface area (Å²) in [4.78, 5) is 28.8. The Kier molecular flexibility index (Phi) is 5.75. The molecule has 0 aliphatic carbocycles. The molecule has 156 valence electrons. The summed E-state index contributed by atoms with van der Waals surface area (Å²) < 4.78 is 5.39. The van der Waals surface area contributed by atoms with E-state index in [0.29, 0.717) is 22.7 Å². The molecule has 0 bridgehead atoms. The van der Waals surface area contributed by atoms with Crippen molar-refractivity contribution >= 4 is 57.4 Å². The van der Waals surface area contributed by atoms with Gasteiger partial charge in [-0.1, -0.05) is 42.3 Å². The molecule has 0 radical (unpaired) electrons. The molecule has 0 saturated heterocycles. The Balaban J connectivity index is 1.55. The maximum Gasteiger partial charge on any atom is 0.343 e. The molecule has 1 amide bonds. The number of hydrazone groups is 1. The summed E-state index contributed by atoms with van der Waals surface area (Å²) in [7, 11) is 0. The van der Waals surface area contributed by atoms with Gasteiger partial charge in [-0.25, -0.2) is 4.79 Å². The number of esters is 1. The van der Waals surface area contributed by atoms with Crippen LogP contribution in [0.25, 0.3) is 6.08 Å². The van der Waals surface area contributed by atoms with Gasteiger partial charge in [0.25, 0.3) is 5.91 Å². The molecule has 2 aliphatic rings. The summed E-state index contributed by atoms with van der Waals surface area (Å²) >= 11 is 7.58. The van der Waals surface area contributed by atoms with Crippen LogP contribution < -0.4 is 4.74 Å². The summed E-state index contributed by atoms with van der Waals surface area (Å²) in [5, 5.41) is 15.4. The van der Waals surface area contributed by atoms with E-state index in [2.05, 4.69) is 10.1 Å². The van der Waals surface area contributed by atoms with Crippen molar-refractivity contribution in [2.75, 3.05) is 0 Å². The molecule has 9 heteroatoms. The zero-order chi connectivity index (χ0) is 22.1. The van der Waals surface area contributed by atoms with Gasteiger partial charge in [0.2, 0.25) is 5.17 Å². The molecule has 0 saturated carbocycles. The first kappa shape index (κ1) is 21.0. The van der Waals surface area contributed by atoms with Gasteiger partial charge in [0.15, 0.2) is 5.84 Å². The van der Waals surface area contributed by atoms with Crippen molar-refractivity contribution in [3.63, 3.8) is 0 Å². The fraction of sp³-hybridized carbons (Fsp3) is 0.136. The van der Waals surface area contributed by atoms with Gasteiger partial charge < -0.3 is 4.74 Å². The van der Waals surface area contributed by atoms with Crippen molar-refractivity contribution in [1.82, 2.24) is 5.01 Å². The first-order valence-corrected chi connectivity index (χ1v) is 10.6. The molecule has 0 atom stereocenters. The summed E-state index contributed by atoms with van der Waals surface area (Å²) in [5.74, 6) is -0.873. The monoisotopic (exact) mass is 452 g/mol. The number of amides is 1. The summed E-state index contributed by atoms with van der Waals surface area (Å²) in [5.41, 5.74) is 2.12. The van der Waals surface area contributed by atoms with Crippen molar-refractivity contribution in [3.8, 4) is 5.75 Å². The Bertz CT molecular complexity index is 1200. The minimum Gasteiger partial charge on any atom is -0.421 e. The Morgan fingerprint density at radius 2 is 2.00 bits per heavy atom. The quantitative estimate of drug-likeness (QED) is 0.404. The maximum absolute atomic E-state index is 12.4. The first-order chi connectivity index (χ1) is 14.9. The molecular formula is C22H17ClN4O3S. The van der Waals surface area contributed by atoms with E-state index in [1.54, 1.807) is 30.3 Å². The van der Waals surface area contributed by atoms with Crippen molar-refractivity contribution in [2.24, 2.45) is 10.1 Å². The molecule has 4 rings (SSSR count). The Labute approximate surface area is 188 Å². The number of amidine groups is 2. The van der Waals surface area contributed by atoms with Crippen LogP contribution in [0.15, 0.2) is 58.1 Å². The highest BCUT2D eigenvalue weighted by Crippen LogP contribution is 2.31. The Morgan fingerprint density at radius 3 is 2.68 bits per heavy atom. The number of aliphatic imine (C=N–C) groups is 1. The van der Waals surface area contributed by atoms with Crippen LogP contribution in [0.2, 0.25) is 5.02 Å². The average molecular weight is 453 g/mol. The number of hydrogen-bond acceptors (Lipinski definition) is 6. The molecule has 2 aromatic carbocycles. The molecule has 0 fully saturated rings. The van der Waals surface area contributed by atoms with Crippen LogP contribution in [0, 0.1) is 12.3 Å². The van der Waals surface area contributed by atoms with E-state index in [1.165, 1.54) is 22.8 Å². The van der Waals surface area contributed by atoms with E-state index in [0.717, 1.165) is 10.6 Å². The third-order valence-electron chi connectivity index (χ3n) is 4.56. The number of nitrogens with one attached hydrogen (secondary N) is 1. The number of ether oxygens (including phenoxy) is 1. The van der Waals surface area contributed by atoms with E-state index >= 15 is 0 Å². The molecule has 2 heterocycles. The number of halogens is 1. The van der Waals surface area contributed by atoms with Crippen molar-refractivity contribution < 1.29 is 14.3 Å². The van der Waals surface area contributed by atoms with Gasteiger partial charge in [-0.05, 0) is 61.0 Å². The molecule has 31 heavy (non-hydrogen) atoms. The maximum atomic E-state index is 12.4. The van der Waals surface area contributed by atoms with E-state index in [4.69, 9.17) is 21.7 Å². The summed E-state index contributed by atoms with van der Waals surface area (Å²) in [6.45, 7) is 3.88. The zero-order valence-electron chi connectivity index (χ0n) is 16.7. The zero-order valence-corrected chi connectivity index (χ0v) is 18.3. The lowest BCUT2D eigenvalue weighted by atomic mass is 10.1. The summed E-state index contributed by atoms with van der Waals surface area (Å²) in [6.07, 6.45) is 2.21. The second-order valence-corrected chi connectivity index (χ2v) is 8.26. The standard InChI is InChI=1S/C22H17ClN4O3S/c1-3-18-26-27-19(24)15(20(28)25-22(27)31-18)10-13-6-9-17(16(23)11-13)30-21(29)14-7-4-12(2)5-8-14/h4-11,24H,3H2,1-2H3. The highest BCUT2D eigenvalue weighted by atomic mass is 35.5. The lowest BCUT2D eigenvalue weighted by Crippen LogP contribution is -2.35. The highest BCUT2D eigenvalue weighted by molar-refractivity contribution is 8.26. The molecule has 0 aromatic heterocycles. The average Bonchev–Trinajstić information content (AvgIpc) is 3.16. The van der Waals surface area contributed by atoms with Gasteiger partial charge in [0.05, 0.1) is 16.2 Å². The van der Waals surface area contributed by atoms with E-state index in [-0.39, 0.29) is 22.2 Å². The number of benzene rings is 2. The van der Waals surface area contributed by atoms with Crippen LogP contribution >= 0.6 is 23.4 Å². The van der Waals surface area contributed by atoms with Crippen LogP contribution in [0.5, 0.6) is 5.75 Å². The number of fused-ring (bicyclic) bond motifs is 1. The Morgan fingerprint density at radius 1 is 1.26 bits per heavy atom. The minimum absolute atomic E-state index is 0.0445. The minimum atomic E-state index is -0.518. The van der Waals surface area contributed by atoms with Gasteiger partial charge in [-0.15, -0.1) is 0 Å². The highest BCUT2D eigenvalue weighted by Gasteiger charge is 2.35. The van der Waals surface area contributed by atoms with E-state index in [1.807, 2.05) is 26.0 Å². The van der Waals surface area contributed by atoms with Crippen molar-refractivity contribution in [1.29, 1.82) is 5.41 Å². The number of hydrogen-bond donors (Lipinski definition) is 1. The first-order valence-electron chi connectivity index (χ1n) is 9.43. The number of rotatable bonds is 4. The van der Waals surface area contributed by atoms with Gasteiger partial charge in [-0.2, -0.15) is 15.1 Å². The predicted octanol–water partition coefficient (Wildman–Crippen LogP) is 4.90. The number of carbonyl (C=O) groups is 2. The van der Waals surface area contributed by atoms with Crippen LogP contribution in [-0.2, 0) is 4.79 Å². The fourth-order valence-electron chi connectivity index (χ4n) is 2.88. The topological polar surface area (TPSA) is 95.2 Å². The molecule has 0 unspecified atom stereocenters. The molecule has 2 aliphatic heterocycles. The normalized spacial score (nSPS) is 16.9. The van der Waals surface area contributed by atoms with Crippen LogP contribution in [0.1, 0.15) is 34.8 Å². The third-order valence-corrected chi connectivity index (χ3v) is 5.90. The van der Waals surface area contributed by atoms with Gasteiger partial charge in [0.1, 0.15) is 10.8 Å². The lowest BCUT2D eigenvalue weighted by molar-refractivity contribution is -0.114. The van der Waals surface area contributed by atoms with Crippen molar-refractivity contribution in [3.05, 3.63) is 69.8 Å². The van der Waals surface area contributed by atoms with Crippen molar-refractivity contribution in [2.45, 2.75) is 20.3 Å². The second kappa shape index (κ2) is 8.49. The van der Waals surface area contributed by atoms with Crippen LogP contribution in [-0.4, -0.2) is 32.9 Å². The van der Waals surface area contributed by atoms with Gasteiger partial charge >= 0.3 is 5.97 Å². The predicted molar refractivity (Wildman–Crippen MR) is 123 cm³/mol. The molecule has 2 aromatic rings. The smallest absolute Gasteiger partial charge is 0.343 e. The molecular weight excluding hydrogens is 436 g/mol. The van der Waals surface area contributed by atoms with Gasteiger partial charge in [-0.3, -0.25) is 10.2 Å². The SMILES string of the molecule is CCC1=NN2C(=N)C(=Cc3ccc(OC(=O)c4ccc(C)cc4)c(Cl)c3)C(=O)N=C2S1. The third kappa shape index (κ3) is 4.30. The van der Waals surface area contributed by atoms with E-state index in [9.17, 15) is 9.59 Å². The van der Waals surface area contributed by atoms with Gasteiger partial charge in [0, 0.05) is 0 Å². The number of thioether (sulfide) groups is 1. The fourth-order valence-corrected chi connectivity index (χ4v) is 3.93. The summed E-state index contributed by atoms with van der Waals surface area (Å²) in [6, 6.07) is 11.8. The number of carbonyl (C=O) groups excluding carboxylic acids is 2. The molecule has 0 spiro atoms. The van der Waals surface area contributed by atoms with Crippen LogP contribution in [0.4, 0.5) is 0 Å². The second-order valence-electron chi connectivity index (χ2n) is 6.81. The molecule has 7 nitrogen and oxygen atoms in total. The van der Waals surface area contributed by atoms with Crippen LogP contribution in [0.3, 0.4) is 0 Å². The number of aryl methyl sites for hydroxylation is 1. The number of nitrogens with zero attached hydrogens (tertiary/aromatic N) is 3. The lowest BCUT2D eigenvalue weighted by Gasteiger charge is -2.20. The molecule has 1 N–H and O–H groups in total. The van der Waals surface area contributed by atoms with E-state index < -0.39 is 11.9 Å². The largest absolute Gasteiger partial charge is 0.421 e. The Hall–Kier alpha value is -3.23.